The molecule has 0 saturated carbocycles. The number of ether oxygens (including phenoxy) is 2. The van der Waals surface area contributed by atoms with Crippen LogP contribution < -0.4 is 15.1 Å². The van der Waals surface area contributed by atoms with Crippen molar-refractivity contribution in [2.24, 2.45) is 0 Å². The van der Waals surface area contributed by atoms with Gasteiger partial charge in [0.1, 0.15) is 11.9 Å². The molecule has 0 radical (unpaired) electrons. The van der Waals surface area contributed by atoms with E-state index >= 15 is 0 Å². The standard InChI is InChI=1S/C23H24FN3O4/c24-19-7-4-8-20(22(19)26-11-13-30-14-12-26)27-16-18(31-23(27)29)15-25-21(28)10-9-17-5-2-1-3-6-17/h1-10,18H,11-16H2,(H,25,28). The zero-order valence-corrected chi connectivity index (χ0v) is 17.0. The molecule has 0 aromatic heterocycles. The van der Waals surface area contributed by atoms with Crippen molar-refractivity contribution in [3.8, 4) is 0 Å². The van der Waals surface area contributed by atoms with Crippen LogP contribution in [0.5, 0.6) is 0 Å². The third kappa shape index (κ3) is 5.03. The molecular formula is C23H24FN3O4. The minimum Gasteiger partial charge on any atom is -0.442 e. The Morgan fingerprint density at radius 1 is 1.13 bits per heavy atom. The molecule has 2 amide bonds. The highest BCUT2D eigenvalue weighted by Crippen LogP contribution is 2.35. The summed E-state index contributed by atoms with van der Waals surface area (Å²) in [7, 11) is 0. The lowest BCUT2D eigenvalue weighted by atomic mass is 10.2. The van der Waals surface area contributed by atoms with Gasteiger partial charge in [0.25, 0.3) is 0 Å². The number of carbonyl (C=O) groups is 2. The summed E-state index contributed by atoms with van der Waals surface area (Å²) in [6.07, 6.45) is 2.07. The van der Waals surface area contributed by atoms with Crippen molar-refractivity contribution in [1.82, 2.24) is 5.32 Å². The van der Waals surface area contributed by atoms with Gasteiger partial charge in [-0.1, -0.05) is 36.4 Å². The molecule has 1 N–H and O–H groups in total. The average molecular weight is 425 g/mol. The van der Waals surface area contributed by atoms with Crippen LogP contribution >= 0.6 is 0 Å². The Kier molecular flexibility index (Phi) is 6.47. The van der Waals surface area contributed by atoms with Gasteiger partial charge in [-0.05, 0) is 23.8 Å². The van der Waals surface area contributed by atoms with Crippen molar-refractivity contribution >= 4 is 29.5 Å². The molecule has 2 saturated heterocycles. The highest BCUT2D eigenvalue weighted by molar-refractivity contribution is 5.95. The maximum Gasteiger partial charge on any atom is 0.414 e. The number of hydrogen-bond acceptors (Lipinski definition) is 5. The summed E-state index contributed by atoms with van der Waals surface area (Å²) in [5.41, 5.74) is 1.75. The first kappa shape index (κ1) is 20.9. The van der Waals surface area contributed by atoms with Crippen LogP contribution in [0.2, 0.25) is 0 Å². The Labute approximate surface area is 180 Å². The number of halogens is 1. The van der Waals surface area contributed by atoms with E-state index in [2.05, 4.69) is 5.32 Å². The molecule has 2 fully saturated rings. The molecule has 2 aliphatic heterocycles. The number of para-hydroxylation sites is 1. The van der Waals surface area contributed by atoms with Crippen LogP contribution in [0, 0.1) is 5.82 Å². The topological polar surface area (TPSA) is 71.1 Å². The fourth-order valence-corrected chi connectivity index (χ4v) is 3.66. The summed E-state index contributed by atoms with van der Waals surface area (Å²) in [4.78, 5) is 27.9. The van der Waals surface area contributed by atoms with Crippen LogP contribution in [0.3, 0.4) is 0 Å². The number of amides is 2. The van der Waals surface area contributed by atoms with Crippen LogP contribution in [0.4, 0.5) is 20.6 Å². The van der Waals surface area contributed by atoms with Crippen LogP contribution in [0.1, 0.15) is 5.56 Å². The second kappa shape index (κ2) is 9.61. The minimum atomic E-state index is -0.556. The van der Waals surface area contributed by atoms with Crippen LogP contribution in [-0.2, 0) is 14.3 Å². The Morgan fingerprint density at radius 3 is 2.68 bits per heavy atom. The van der Waals surface area contributed by atoms with Crippen LogP contribution in [-0.4, -0.2) is 57.5 Å². The van der Waals surface area contributed by atoms with Gasteiger partial charge in [-0.2, -0.15) is 0 Å². The predicted molar refractivity (Wildman–Crippen MR) is 116 cm³/mol. The van der Waals surface area contributed by atoms with E-state index in [9.17, 15) is 14.0 Å². The van der Waals surface area contributed by atoms with E-state index < -0.39 is 18.0 Å². The molecule has 2 aromatic rings. The summed E-state index contributed by atoms with van der Waals surface area (Å²) in [5.74, 6) is -0.673. The Hall–Kier alpha value is -3.39. The summed E-state index contributed by atoms with van der Waals surface area (Å²) in [6, 6.07) is 14.1. The van der Waals surface area contributed by atoms with E-state index in [-0.39, 0.29) is 19.0 Å². The molecular weight excluding hydrogens is 401 g/mol. The monoisotopic (exact) mass is 425 g/mol. The maximum absolute atomic E-state index is 14.7. The lowest BCUT2D eigenvalue weighted by Crippen LogP contribution is -2.38. The van der Waals surface area contributed by atoms with E-state index in [4.69, 9.17) is 9.47 Å². The SMILES string of the molecule is O=C(C=Cc1ccccc1)NCC1CN(c2cccc(F)c2N2CCOCC2)C(=O)O1. The number of carbonyl (C=O) groups excluding carboxylic acids is 2. The van der Waals surface area contributed by atoms with Gasteiger partial charge in [-0.3, -0.25) is 9.69 Å². The zero-order valence-electron chi connectivity index (χ0n) is 17.0. The van der Waals surface area contributed by atoms with Gasteiger partial charge >= 0.3 is 6.09 Å². The molecule has 8 heteroatoms. The lowest BCUT2D eigenvalue weighted by molar-refractivity contribution is -0.116. The van der Waals surface area contributed by atoms with Gasteiger partial charge in [0, 0.05) is 19.2 Å². The van der Waals surface area contributed by atoms with Crippen molar-refractivity contribution in [3.05, 3.63) is 66.0 Å². The number of nitrogens with one attached hydrogen (secondary N) is 1. The van der Waals surface area contributed by atoms with Crippen LogP contribution in [0.15, 0.2) is 54.6 Å². The van der Waals surface area contributed by atoms with Crippen molar-refractivity contribution in [3.63, 3.8) is 0 Å². The molecule has 4 rings (SSSR count). The summed E-state index contributed by atoms with van der Waals surface area (Å²) < 4.78 is 25.4. The molecule has 0 spiro atoms. The molecule has 2 aliphatic rings. The summed E-state index contributed by atoms with van der Waals surface area (Å²) >= 11 is 0. The van der Waals surface area contributed by atoms with Gasteiger partial charge in [0.2, 0.25) is 5.91 Å². The quantitative estimate of drug-likeness (QED) is 0.721. The number of morpholine rings is 1. The van der Waals surface area contributed by atoms with Gasteiger partial charge < -0.3 is 19.7 Å². The highest BCUT2D eigenvalue weighted by Gasteiger charge is 2.35. The summed E-state index contributed by atoms with van der Waals surface area (Å²) in [6.45, 7) is 2.49. The van der Waals surface area contributed by atoms with E-state index in [0.29, 0.717) is 37.7 Å². The Morgan fingerprint density at radius 2 is 1.90 bits per heavy atom. The average Bonchev–Trinajstić information content (AvgIpc) is 3.17. The van der Waals surface area contributed by atoms with Crippen molar-refractivity contribution < 1.29 is 23.5 Å². The van der Waals surface area contributed by atoms with Gasteiger partial charge in [-0.25, -0.2) is 9.18 Å². The summed E-state index contributed by atoms with van der Waals surface area (Å²) in [5, 5.41) is 2.75. The molecule has 2 heterocycles. The van der Waals surface area contributed by atoms with Gasteiger partial charge in [0.15, 0.2) is 0 Å². The molecule has 1 unspecified atom stereocenters. The van der Waals surface area contributed by atoms with E-state index in [1.807, 2.05) is 35.2 Å². The van der Waals surface area contributed by atoms with E-state index in [1.54, 1.807) is 18.2 Å². The highest BCUT2D eigenvalue weighted by atomic mass is 19.1. The van der Waals surface area contributed by atoms with E-state index in [0.717, 1.165) is 5.56 Å². The van der Waals surface area contributed by atoms with Crippen LogP contribution in [0.25, 0.3) is 6.08 Å². The second-order valence-corrected chi connectivity index (χ2v) is 7.31. The lowest BCUT2D eigenvalue weighted by Gasteiger charge is -2.32. The Bertz CT molecular complexity index is 961. The van der Waals surface area contributed by atoms with Gasteiger partial charge in [-0.15, -0.1) is 0 Å². The third-order valence-corrected chi connectivity index (χ3v) is 5.19. The molecule has 0 bridgehead atoms. The van der Waals surface area contributed by atoms with Crippen molar-refractivity contribution in [2.75, 3.05) is 49.2 Å². The van der Waals surface area contributed by atoms with E-state index in [1.165, 1.54) is 17.0 Å². The number of nitrogens with zero attached hydrogens (tertiary/aromatic N) is 2. The fraction of sp³-hybridized carbons (Fsp3) is 0.304. The number of benzene rings is 2. The Balaban J connectivity index is 1.39. The van der Waals surface area contributed by atoms with Crippen molar-refractivity contribution in [1.29, 1.82) is 0 Å². The minimum absolute atomic E-state index is 0.169. The largest absolute Gasteiger partial charge is 0.442 e. The molecule has 0 aliphatic carbocycles. The molecule has 31 heavy (non-hydrogen) atoms. The predicted octanol–water partition coefficient (Wildman–Crippen LogP) is 2.82. The smallest absolute Gasteiger partial charge is 0.414 e. The second-order valence-electron chi connectivity index (χ2n) is 7.31. The maximum atomic E-state index is 14.7. The normalized spacial score (nSPS) is 19.0. The number of rotatable bonds is 6. The molecule has 1 atom stereocenters. The molecule has 162 valence electrons. The van der Waals surface area contributed by atoms with Gasteiger partial charge in [0.05, 0.1) is 37.7 Å². The first-order chi connectivity index (χ1) is 15.1. The fourth-order valence-electron chi connectivity index (χ4n) is 3.66. The zero-order chi connectivity index (χ0) is 21.6. The molecule has 7 nitrogen and oxygen atoms in total. The molecule has 2 aromatic carbocycles. The van der Waals surface area contributed by atoms with Crippen molar-refractivity contribution in [2.45, 2.75) is 6.10 Å². The first-order valence-electron chi connectivity index (χ1n) is 10.2. The number of cyclic esters (lactones) is 1. The number of anilines is 2. The number of hydrogen-bond donors (Lipinski definition) is 1. The first-order valence-corrected chi connectivity index (χ1v) is 10.2. The third-order valence-electron chi connectivity index (χ3n) is 5.19.